The van der Waals surface area contributed by atoms with Crippen molar-refractivity contribution in [2.24, 2.45) is 11.8 Å². The molecule has 2 aromatic rings. The maximum atomic E-state index is 14.4. The molecule has 0 amide bonds. The molecule has 2 aromatic carbocycles. The number of carboxylic acid groups (broad SMARTS) is 1. The van der Waals surface area contributed by atoms with Crippen molar-refractivity contribution < 1.29 is 27.8 Å². The van der Waals surface area contributed by atoms with Crippen molar-refractivity contribution >= 4 is 16.7 Å². The topological polar surface area (TPSA) is 49.8 Å². The summed E-state index contributed by atoms with van der Waals surface area (Å²) in [7, 11) is 0. The largest absolute Gasteiger partial charge is 0.490 e. The predicted molar refractivity (Wildman–Crippen MR) is 121 cm³/mol. The number of likely N-dealkylation sites (tertiary alicyclic amines) is 1. The van der Waals surface area contributed by atoms with Crippen LogP contribution < -0.4 is 4.74 Å². The average molecular weight is 464 g/mol. The van der Waals surface area contributed by atoms with Crippen molar-refractivity contribution in [1.82, 2.24) is 4.90 Å². The monoisotopic (exact) mass is 463 g/mol. The maximum absolute atomic E-state index is 14.4. The number of carboxylic acids is 1. The van der Waals surface area contributed by atoms with Gasteiger partial charge in [-0.15, -0.1) is 0 Å². The molecule has 1 aliphatic heterocycles. The number of hydrogen-bond donors (Lipinski definition) is 1. The quantitative estimate of drug-likeness (QED) is 0.531. The molecule has 2 fully saturated rings. The van der Waals surface area contributed by atoms with E-state index in [9.17, 15) is 18.0 Å². The Morgan fingerprint density at radius 2 is 1.88 bits per heavy atom. The van der Waals surface area contributed by atoms with E-state index in [0.29, 0.717) is 30.0 Å². The third-order valence-electron chi connectivity index (χ3n) is 7.09. The molecule has 1 saturated heterocycles. The minimum Gasteiger partial charge on any atom is -0.490 e. The van der Waals surface area contributed by atoms with Gasteiger partial charge in [-0.1, -0.05) is 31.2 Å². The number of piperidine rings is 1. The number of alkyl halides is 3. The standard InChI is InChI=1S/C26H32F3NO3/c1-17-7-10-21(11-8-17)33-22-12-9-19-5-2-6-20(24(19)25(22)26(27,28)29)16-30-13-3-4-18(15-30)14-23(31)32/h2,5-6,9,12,17-18,21H,3-4,7-8,10-11,13-16H2,1H3,(H,31,32). The highest BCUT2D eigenvalue weighted by atomic mass is 19.4. The molecule has 1 saturated carbocycles. The number of hydrogen-bond acceptors (Lipinski definition) is 3. The molecule has 1 unspecified atom stereocenters. The fourth-order valence-electron chi connectivity index (χ4n) is 5.42. The highest BCUT2D eigenvalue weighted by molar-refractivity contribution is 5.91. The summed E-state index contributed by atoms with van der Waals surface area (Å²) >= 11 is 0. The van der Waals surface area contributed by atoms with Crippen LogP contribution in [-0.2, 0) is 17.5 Å². The van der Waals surface area contributed by atoms with Crippen molar-refractivity contribution in [3.05, 3.63) is 41.5 Å². The van der Waals surface area contributed by atoms with E-state index < -0.39 is 17.7 Å². The van der Waals surface area contributed by atoms with Gasteiger partial charge in [-0.05, 0) is 73.9 Å². The van der Waals surface area contributed by atoms with Gasteiger partial charge in [0, 0.05) is 24.9 Å². The van der Waals surface area contributed by atoms with E-state index in [4.69, 9.17) is 9.84 Å². The molecule has 0 aromatic heterocycles. The molecule has 33 heavy (non-hydrogen) atoms. The van der Waals surface area contributed by atoms with Crippen molar-refractivity contribution in [3.63, 3.8) is 0 Å². The summed E-state index contributed by atoms with van der Waals surface area (Å²) in [6, 6.07) is 8.45. The number of benzene rings is 2. The van der Waals surface area contributed by atoms with Crippen LogP contribution in [0.25, 0.3) is 10.8 Å². The second-order valence-electron chi connectivity index (χ2n) is 9.79. The second-order valence-corrected chi connectivity index (χ2v) is 9.79. The first-order valence-electron chi connectivity index (χ1n) is 11.9. The predicted octanol–water partition coefficient (Wildman–Crippen LogP) is 6.50. The lowest BCUT2D eigenvalue weighted by Gasteiger charge is -2.33. The lowest BCUT2D eigenvalue weighted by molar-refractivity contribution is -0.139. The minimum absolute atomic E-state index is 0.0286. The summed E-state index contributed by atoms with van der Waals surface area (Å²) < 4.78 is 49.2. The Morgan fingerprint density at radius 3 is 2.58 bits per heavy atom. The Bertz CT molecular complexity index is 983. The number of carbonyl (C=O) groups is 1. The van der Waals surface area contributed by atoms with E-state index in [-0.39, 0.29) is 29.6 Å². The Hall–Kier alpha value is -2.28. The van der Waals surface area contributed by atoms with Crippen LogP contribution in [0.15, 0.2) is 30.3 Å². The molecule has 1 heterocycles. The number of rotatable bonds is 6. The Balaban J connectivity index is 1.66. The molecule has 1 atom stereocenters. The molecule has 180 valence electrons. The Labute approximate surface area is 192 Å². The van der Waals surface area contributed by atoms with Crippen LogP contribution in [0.4, 0.5) is 13.2 Å². The van der Waals surface area contributed by atoms with Crippen LogP contribution >= 0.6 is 0 Å². The molecule has 1 aliphatic carbocycles. The van der Waals surface area contributed by atoms with Crippen molar-refractivity contribution in [2.75, 3.05) is 13.1 Å². The zero-order chi connectivity index (χ0) is 23.6. The van der Waals surface area contributed by atoms with Gasteiger partial charge in [0.2, 0.25) is 0 Å². The molecule has 1 N–H and O–H groups in total. The average Bonchev–Trinajstić information content (AvgIpc) is 2.74. The van der Waals surface area contributed by atoms with E-state index in [2.05, 4.69) is 11.8 Å². The van der Waals surface area contributed by atoms with Gasteiger partial charge in [0.15, 0.2) is 0 Å². The number of aliphatic carboxylic acids is 1. The van der Waals surface area contributed by atoms with Crippen molar-refractivity contribution in [2.45, 2.75) is 70.7 Å². The number of fused-ring (bicyclic) bond motifs is 1. The van der Waals surface area contributed by atoms with Gasteiger partial charge < -0.3 is 9.84 Å². The zero-order valence-corrected chi connectivity index (χ0v) is 19.0. The smallest absolute Gasteiger partial charge is 0.420 e. The Kier molecular flexibility index (Phi) is 7.17. The first-order valence-corrected chi connectivity index (χ1v) is 11.9. The number of ether oxygens (including phenoxy) is 1. The van der Waals surface area contributed by atoms with Crippen LogP contribution in [0.2, 0.25) is 0 Å². The molecular formula is C26H32F3NO3. The summed E-state index contributed by atoms with van der Waals surface area (Å²) in [5, 5.41) is 9.88. The van der Waals surface area contributed by atoms with Crippen molar-refractivity contribution in [1.29, 1.82) is 0 Å². The van der Waals surface area contributed by atoms with Gasteiger partial charge in [-0.25, -0.2) is 0 Å². The number of halogens is 3. The molecule has 7 heteroatoms. The van der Waals surface area contributed by atoms with E-state index >= 15 is 0 Å². The molecule has 0 spiro atoms. The van der Waals surface area contributed by atoms with Crippen LogP contribution in [-0.4, -0.2) is 35.2 Å². The minimum atomic E-state index is -4.54. The normalized spacial score (nSPS) is 24.7. The van der Waals surface area contributed by atoms with E-state index in [1.165, 1.54) is 6.07 Å². The summed E-state index contributed by atoms with van der Waals surface area (Å²) in [4.78, 5) is 13.2. The lowest BCUT2D eigenvalue weighted by Crippen LogP contribution is -2.35. The highest BCUT2D eigenvalue weighted by Crippen LogP contribution is 2.44. The third kappa shape index (κ3) is 5.81. The van der Waals surface area contributed by atoms with Gasteiger partial charge in [0.1, 0.15) is 11.3 Å². The molecule has 4 nitrogen and oxygen atoms in total. The van der Waals surface area contributed by atoms with Crippen molar-refractivity contribution in [3.8, 4) is 5.75 Å². The summed E-state index contributed by atoms with van der Waals surface area (Å²) in [5.41, 5.74) is -0.0770. The fraction of sp³-hybridized carbons (Fsp3) is 0.577. The first-order chi connectivity index (χ1) is 15.7. The highest BCUT2D eigenvalue weighted by Gasteiger charge is 2.38. The van der Waals surface area contributed by atoms with Gasteiger partial charge in [0.25, 0.3) is 0 Å². The van der Waals surface area contributed by atoms with E-state index in [0.717, 1.165) is 45.1 Å². The summed E-state index contributed by atoms with van der Waals surface area (Å²) in [6.07, 6.45) is 0.541. The maximum Gasteiger partial charge on any atom is 0.420 e. The van der Waals surface area contributed by atoms with Crippen LogP contribution in [0, 0.1) is 11.8 Å². The van der Waals surface area contributed by atoms with Gasteiger partial charge in [-0.2, -0.15) is 13.2 Å². The van der Waals surface area contributed by atoms with Gasteiger partial charge in [0.05, 0.1) is 6.10 Å². The van der Waals surface area contributed by atoms with Gasteiger partial charge in [-0.3, -0.25) is 9.69 Å². The lowest BCUT2D eigenvalue weighted by atomic mass is 9.89. The van der Waals surface area contributed by atoms with E-state index in [1.54, 1.807) is 24.3 Å². The molecular weight excluding hydrogens is 431 g/mol. The summed E-state index contributed by atoms with van der Waals surface area (Å²) in [5.74, 6) is -0.291. The third-order valence-corrected chi connectivity index (χ3v) is 7.09. The SMILES string of the molecule is CC1CCC(Oc2ccc3cccc(CN4CCCC(CC(=O)O)C4)c3c2C(F)(F)F)CC1. The first kappa shape index (κ1) is 23.9. The fourth-order valence-corrected chi connectivity index (χ4v) is 5.42. The van der Waals surface area contributed by atoms with Crippen LogP contribution in [0.1, 0.15) is 63.0 Å². The molecule has 4 rings (SSSR count). The van der Waals surface area contributed by atoms with Crippen LogP contribution in [0.5, 0.6) is 5.75 Å². The van der Waals surface area contributed by atoms with E-state index in [1.807, 2.05) is 0 Å². The Morgan fingerprint density at radius 1 is 1.12 bits per heavy atom. The molecule has 0 radical (unpaired) electrons. The second kappa shape index (κ2) is 9.92. The van der Waals surface area contributed by atoms with Gasteiger partial charge >= 0.3 is 12.1 Å². The zero-order valence-electron chi connectivity index (χ0n) is 19.0. The van der Waals surface area contributed by atoms with Crippen LogP contribution in [0.3, 0.4) is 0 Å². The number of nitrogens with zero attached hydrogens (tertiary/aromatic N) is 1. The summed E-state index contributed by atoms with van der Waals surface area (Å²) in [6.45, 7) is 3.87. The molecule has 0 bridgehead atoms. The molecule has 2 aliphatic rings.